The van der Waals surface area contributed by atoms with E-state index in [2.05, 4.69) is 25.2 Å². The smallest absolute Gasteiger partial charge is 0.231 e. The summed E-state index contributed by atoms with van der Waals surface area (Å²) in [5.41, 5.74) is 5.45. The van der Waals surface area contributed by atoms with Gasteiger partial charge in [-0.2, -0.15) is 0 Å². The molecule has 136 valence electrons. The number of methoxy groups -OCH3 is 2. The van der Waals surface area contributed by atoms with Crippen LogP contribution in [0.25, 0.3) is 0 Å². The van der Waals surface area contributed by atoms with Crippen molar-refractivity contribution in [2.24, 2.45) is 0 Å². The second kappa shape index (κ2) is 5.55. The molecule has 0 spiro atoms. The third-order valence-corrected chi connectivity index (χ3v) is 6.32. The van der Waals surface area contributed by atoms with Crippen LogP contribution in [0.15, 0.2) is 24.3 Å². The summed E-state index contributed by atoms with van der Waals surface area (Å²) in [6.07, 6.45) is 2.05. The van der Waals surface area contributed by atoms with Crippen LogP contribution in [0, 0.1) is 0 Å². The summed E-state index contributed by atoms with van der Waals surface area (Å²) in [4.78, 5) is 0. The standard InChI is InChI=1S/C21H24NO4/c1-22-7-6-14-9-19-20(26-12-25-19)10-15(14)17(22)8-13-4-5-18(23-2)21(24-3)16(13)11-22/h4-5,9-10,17H,6-8,11-12H2,1-3H3/q+1/t17-,22+/m1/s1. The number of quaternary nitrogens is 1. The lowest BCUT2D eigenvalue weighted by Gasteiger charge is -2.49. The molecule has 3 heterocycles. The molecular weight excluding hydrogens is 330 g/mol. The highest BCUT2D eigenvalue weighted by Gasteiger charge is 2.45. The van der Waals surface area contributed by atoms with E-state index in [0.29, 0.717) is 12.8 Å². The van der Waals surface area contributed by atoms with Gasteiger partial charge in [0.2, 0.25) is 6.79 Å². The maximum atomic E-state index is 5.72. The van der Waals surface area contributed by atoms with E-state index in [1.54, 1.807) is 14.2 Å². The van der Waals surface area contributed by atoms with Gasteiger partial charge in [0.15, 0.2) is 23.0 Å². The van der Waals surface area contributed by atoms with Crippen LogP contribution < -0.4 is 18.9 Å². The van der Waals surface area contributed by atoms with Crippen molar-refractivity contribution in [2.45, 2.75) is 25.4 Å². The first-order valence-corrected chi connectivity index (χ1v) is 9.12. The zero-order chi connectivity index (χ0) is 17.9. The molecule has 3 aliphatic heterocycles. The number of hydrogen-bond acceptors (Lipinski definition) is 4. The van der Waals surface area contributed by atoms with Gasteiger partial charge >= 0.3 is 0 Å². The van der Waals surface area contributed by atoms with Crippen LogP contribution in [-0.2, 0) is 19.4 Å². The van der Waals surface area contributed by atoms with E-state index in [1.807, 2.05) is 6.07 Å². The molecule has 0 radical (unpaired) electrons. The normalized spacial score (nSPS) is 25.1. The second-order valence-electron chi connectivity index (χ2n) is 7.67. The summed E-state index contributed by atoms with van der Waals surface area (Å²) in [7, 11) is 5.79. The first-order chi connectivity index (χ1) is 12.6. The van der Waals surface area contributed by atoms with Gasteiger partial charge in [-0.1, -0.05) is 6.07 Å². The van der Waals surface area contributed by atoms with Crippen LogP contribution in [0.2, 0.25) is 0 Å². The van der Waals surface area contributed by atoms with Gasteiger partial charge in [0.25, 0.3) is 0 Å². The van der Waals surface area contributed by atoms with Crippen LogP contribution in [0.3, 0.4) is 0 Å². The summed E-state index contributed by atoms with van der Waals surface area (Å²) >= 11 is 0. The molecule has 26 heavy (non-hydrogen) atoms. The van der Waals surface area contributed by atoms with E-state index in [4.69, 9.17) is 18.9 Å². The number of nitrogens with zero attached hydrogens (tertiary/aromatic N) is 1. The fourth-order valence-electron chi connectivity index (χ4n) is 4.88. The third-order valence-electron chi connectivity index (χ3n) is 6.32. The molecule has 5 nitrogen and oxygen atoms in total. The zero-order valence-electron chi connectivity index (χ0n) is 15.5. The molecule has 3 aliphatic rings. The number of likely N-dealkylation sites (N-methyl/N-ethyl adjacent to an activating group) is 1. The van der Waals surface area contributed by atoms with Crippen LogP contribution in [0.5, 0.6) is 23.0 Å². The monoisotopic (exact) mass is 354 g/mol. The minimum atomic E-state index is 0.328. The predicted molar refractivity (Wildman–Crippen MR) is 97.0 cm³/mol. The molecule has 2 aromatic carbocycles. The number of fused-ring (bicyclic) bond motifs is 5. The van der Waals surface area contributed by atoms with Crippen molar-refractivity contribution >= 4 is 0 Å². The Labute approximate surface area is 153 Å². The minimum absolute atomic E-state index is 0.328. The fraction of sp³-hybridized carbons (Fsp3) is 0.429. The molecule has 0 aliphatic carbocycles. The van der Waals surface area contributed by atoms with Crippen LogP contribution in [0.1, 0.15) is 28.3 Å². The van der Waals surface area contributed by atoms with Crippen LogP contribution in [0.4, 0.5) is 0 Å². The molecule has 0 N–H and O–H groups in total. The Bertz CT molecular complexity index is 894. The van der Waals surface area contributed by atoms with Crippen molar-refractivity contribution in [3.8, 4) is 23.0 Å². The SMILES string of the molecule is COc1ccc2c(c1OC)C[N@+]1(C)CCc3cc4c(cc3[C@H]1C2)OCO4. The van der Waals surface area contributed by atoms with Crippen molar-refractivity contribution < 1.29 is 23.4 Å². The molecule has 2 atom stereocenters. The van der Waals surface area contributed by atoms with Crippen molar-refractivity contribution in [1.29, 1.82) is 0 Å². The van der Waals surface area contributed by atoms with Gasteiger partial charge in [-0.25, -0.2) is 0 Å². The lowest BCUT2D eigenvalue weighted by atomic mass is 9.81. The van der Waals surface area contributed by atoms with E-state index in [-0.39, 0.29) is 0 Å². The topological polar surface area (TPSA) is 36.9 Å². The Morgan fingerprint density at radius 1 is 1.04 bits per heavy atom. The van der Waals surface area contributed by atoms with E-state index < -0.39 is 0 Å². The number of hydrogen-bond donors (Lipinski definition) is 0. The van der Waals surface area contributed by atoms with Crippen molar-refractivity contribution in [3.05, 3.63) is 46.5 Å². The number of benzene rings is 2. The third kappa shape index (κ3) is 2.13. The molecule has 0 amide bonds. The molecule has 0 fully saturated rings. The van der Waals surface area contributed by atoms with Gasteiger partial charge in [0, 0.05) is 18.4 Å². The largest absolute Gasteiger partial charge is 0.493 e. The summed E-state index contributed by atoms with van der Waals surface area (Å²) in [6.45, 7) is 2.39. The maximum Gasteiger partial charge on any atom is 0.231 e. The van der Waals surface area contributed by atoms with Crippen LogP contribution >= 0.6 is 0 Å². The quantitative estimate of drug-likeness (QED) is 0.776. The van der Waals surface area contributed by atoms with Gasteiger partial charge in [-0.3, -0.25) is 0 Å². The number of rotatable bonds is 2. The zero-order valence-corrected chi connectivity index (χ0v) is 15.5. The highest BCUT2D eigenvalue weighted by Crippen LogP contribution is 2.49. The molecule has 2 aromatic rings. The van der Waals surface area contributed by atoms with Gasteiger partial charge in [-0.15, -0.1) is 0 Å². The van der Waals surface area contributed by atoms with Gasteiger partial charge < -0.3 is 23.4 Å². The van der Waals surface area contributed by atoms with E-state index in [1.165, 1.54) is 22.3 Å². The van der Waals surface area contributed by atoms with Crippen molar-refractivity contribution in [1.82, 2.24) is 0 Å². The Morgan fingerprint density at radius 2 is 1.85 bits per heavy atom. The Hall–Kier alpha value is -2.40. The lowest BCUT2D eigenvalue weighted by molar-refractivity contribution is -0.956. The number of ether oxygens (including phenoxy) is 4. The highest BCUT2D eigenvalue weighted by molar-refractivity contribution is 5.54. The van der Waals surface area contributed by atoms with Crippen molar-refractivity contribution in [2.75, 3.05) is 34.6 Å². The Morgan fingerprint density at radius 3 is 2.62 bits per heavy atom. The first-order valence-electron chi connectivity index (χ1n) is 9.12. The summed E-state index contributed by atoms with van der Waals surface area (Å²) in [6, 6.07) is 9.05. The average Bonchev–Trinajstić information content (AvgIpc) is 3.11. The summed E-state index contributed by atoms with van der Waals surface area (Å²) in [5.74, 6) is 3.48. The molecule has 0 unspecified atom stereocenters. The highest BCUT2D eigenvalue weighted by atomic mass is 16.7. The molecule has 5 heteroatoms. The Balaban J connectivity index is 1.62. The molecule has 5 rings (SSSR count). The second-order valence-corrected chi connectivity index (χ2v) is 7.67. The maximum absolute atomic E-state index is 5.72. The van der Waals surface area contributed by atoms with Gasteiger partial charge in [0.05, 0.1) is 33.4 Å². The van der Waals surface area contributed by atoms with E-state index >= 15 is 0 Å². The van der Waals surface area contributed by atoms with E-state index in [9.17, 15) is 0 Å². The fourth-order valence-corrected chi connectivity index (χ4v) is 4.88. The molecular formula is C21H24NO4+. The molecule has 0 saturated carbocycles. The minimum Gasteiger partial charge on any atom is -0.493 e. The molecule has 0 aromatic heterocycles. The van der Waals surface area contributed by atoms with E-state index in [0.717, 1.165) is 53.4 Å². The molecule has 0 bridgehead atoms. The first kappa shape index (κ1) is 15.8. The average molecular weight is 354 g/mol. The lowest BCUT2D eigenvalue weighted by Crippen LogP contribution is -2.53. The Kier molecular flexibility index (Phi) is 3.38. The van der Waals surface area contributed by atoms with Gasteiger partial charge in [0.1, 0.15) is 12.6 Å². The van der Waals surface area contributed by atoms with Crippen LogP contribution in [-0.4, -0.2) is 39.1 Å². The predicted octanol–water partition coefficient (Wildman–Crippen LogP) is 3.23. The van der Waals surface area contributed by atoms with Gasteiger partial charge in [-0.05, 0) is 29.3 Å². The summed E-state index contributed by atoms with van der Waals surface area (Å²) < 4.78 is 23.5. The van der Waals surface area contributed by atoms with Crippen molar-refractivity contribution in [3.63, 3.8) is 0 Å². The molecule has 0 saturated heterocycles. The summed E-state index contributed by atoms with van der Waals surface area (Å²) in [5, 5.41) is 0.